The highest BCUT2D eigenvalue weighted by atomic mass is 14.9. The predicted molar refractivity (Wildman–Crippen MR) is 67.9 cm³/mol. The molecule has 1 aliphatic carbocycles. The third-order valence-electron chi connectivity index (χ3n) is 3.66. The van der Waals surface area contributed by atoms with Gasteiger partial charge in [-0.3, -0.25) is 0 Å². The van der Waals surface area contributed by atoms with Gasteiger partial charge in [-0.05, 0) is 43.6 Å². The number of hydrogen-bond donors (Lipinski definition) is 1. The molecule has 0 radical (unpaired) electrons. The molecule has 88 valence electrons. The molecule has 0 aromatic heterocycles. The fourth-order valence-corrected chi connectivity index (χ4v) is 2.72. The first-order valence-corrected chi connectivity index (χ1v) is 6.47. The molecule has 1 rings (SSSR count). The van der Waals surface area contributed by atoms with Gasteiger partial charge in [0, 0.05) is 6.04 Å². The molecule has 1 aliphatic rings. The zero-order chi connectivity index (χ0) is 11.3. The molecular formula is C14H27N. The summed E-state index contributed by atoms with van der Waals surface area (Å²) in [5, 5.41) is 3.58. The normalized spacial score (nSPS) is 31.9. The molecule has 0 spiro atoms. The molecule has 1 heteroatoms. The first-order chi connectivity index (χ1) is 7.13. The quantitative estimate of drug-likeness (QED) is 0.682. The smallest absolute Gasteiger partial charge is 0.00104 e. The minimum Gasteiger partial charge on any atom is -0.314 e. The van der Waals surface area contributed by atoms with Crippen LogP contribution >= 0.6 is 0 Å². The van der Waals surface area contributed by atoms with Crippen LogP contribution in [0, 0.1) is 17.8 Å². The Balaban J connectivity index is 2.41. The van der Waals surface area contributed by atoms with Crippen LogP contribution < -0.4 is 5.32 Å². The van der Waals surface area contributed by atoms with Gasteiger partial charge in [0.05, 0.1) is 0 Å². The van der Waals surface area contributed by atoms with Crippen molar-refractivity contribution in [1.29, 1.82) is 0 Å². The number of allylic oxidation sites excluding steroid dienone is 1. The first-order valence-electron chi connectivity index (χ1n) is 6.47. The van der Waals surface area contributed by atoms with Crippen LogP contribution in [0.25, 0.3) is 0 Å². The van der Waals surface area contributed by atoms with Crippen molar-refractivity contribution in [2.24, 2.45) is 17.8 Å². The summed E-state index contributed by atoms with van der Waals surface area (Å²) in [4.78, 5) is 0. The Morgan fingerprint density at radius 1 is 1.33 bits per heavy atom. The van der Waals surface area contributed by atoms with Crippen molar-refractivity contribution in [2.45, 2.75) is 52.5 Å². The summed E-state index contributed by atoms with van der Waals surface area (Å²) >= 11 is 0. The molecule has 1 fully saturated rings. The SMILES string of the molecule is C=CCC1CC(C)CCC1CNC(C)C. The van der Waals surface area contributed by atoms with Crippen LogP contribution in [0.15, 0.2) is 12.7 Å². The van der Waals surface area contributed by atoms with Crippen molar-refractivity contribution in [1.82, 2.24) is 5.32 Å². The van der Waals surface area contributed by atoms with Gasteiger partial charge in [0.15, 0.2) is 0 Å². The summed E-state index contributed by atoms with van der Waals surface area (Å²) in [5.41, 5.74) is 0. The lowest BCUT2D eigenvalue weighted by Gasteiger charge is -2.35. The maximum Gasteiger partial charge on any atom is 0.00104 e. The number of hydrogen-bond acceptors (Lipinski definition) is 1. The standard InChI is InChI=1S/C14H27N/c1-5-6-13-9-12(4)7-8-14(13)10-15-11(2)3/h5,11-15H,1,6-10H2,2-4H3. The molecule has 15 heavy (non-hydrogen) atoms. The Morgan fingerprint density at radius 2 is 2.07 bits per heavy atom. The van der Waals surface area contributed by atoms with Crippen LogP contribution in [-0.2, 0) is 0 Å². The lowest BCUT2D eigenvalue weighted by atomic mass is 9.73. The summed E-state index contributed by atoms with van der Waals surface area (Å²) in [6, 6.07) is 0.619. The van der Waals surface area contributed by atoms with E-state index in [-0.39, 0.29) is 0 Å². The van der Waals surface area contributed by atoms with Crippen LogP contribution in [0.2, 0.25) is 0 Å². The zero-order valence-electron chi connectivity index (χ0n) is 10.6. The molecule has 0 aromatic carbocycles. The Bertz CT molecular complexity index is 186. The molecule has 0 aliphatic heterocycles. The molecule has 0 heterocycles. The Kier molecular flexibility index (Phi) is 5.38. The molecule has 1 saturated carbocycles. The van der Waals surface area contributed by atoms with Gasteiger partial charge in [-0.25, -0.2) is 0 Å². The van der Waals surface area contributed by atoms with Gasteiger partial charge in [0.2, 0.25) is 0 Å². The highest BCUT2D eigenvalue weighted by Crippen LogP contribution is 2.35. The van der Waals surface area contributed by atoms with E-state index in [2.05, 4.69) is 38.7 Å². The molecule has 0 saturated heterocycles. The Morgan fingerprint density at radius 3 is 2.67 bits per heavy atom. The molecule has 1 N–H and O–H groups in total. The third kappa shape index (κ3) is 4.38. The van der Waals surface area contributed by atoms with Crippen LogP contribution in [0.1, 0.15) is 46.5 Å². The Labute approximate surface area is 95.3 Å². The van der Waals surface area contributed by atoms with Gasteiger partial charge in [-0.15, -0.1) is 6.58 Å². The zero-order valence-corrected chi connectivity index (χ0v) is 10.6. The van der Waals surface area contributed by atoms with Crippen molar-refractivity contribution in [3.63, 3.8) is 0 Å². The second-order valence-electron chi connectivity index (χ2n) is 5.53. The maximum atomic E-state index is 3.89. The van der Waals surface area contributed by atoms with E-state index in [1.807, 2.05) is 0 Å². The van der Waals surface area contributed by atoms with Gasteiger partial charge in [0.25, 0.3) is 0 Å². The van der Waals surface area contributed by atoms with Crippen molar-refractivity contribution in [3.8, 4) is 0 Å². The average molecular weight is 209 g/mol. The molecule has 0 bridgehead atoms. The van der Waals surface area contributed by atoms with E-state index in [0.29, 0.717) is 6.04 Å². The molecular weight excluding hydrogens is 182 g/mol. The van der Waals surface area contributed by atoms with Gasteiger partial charge >= 0.3 is 0 Å². The van der Waals surface area contributed by atoms with E-state index in [1.165, 1.54) is 32.2 Å². The molecule has 0 aromatic rings. The second-order valence-corrected chi connectivity index (χ2v) is 5.53. The monoisotopic (exact) mass is 209 g/mol. The molecule has 3 unspecified atom stereocenters. The minimum absolute atomic E-state index is 0.619. The fourth-order valence-electron chi connectivity index (χ4n) is 2.72. The maximum absolute atomic E-state index is 3.89. The van der Waals surface area contributed by atoms with E-state index < -0.39 is 0 Å². The van der Waals surface area contributed by atoms with E-state index in [1.54, 1.807) is 0 Å². The van der Waals surface area contributed by atoms with Gasteiger partial charge in [0.1, 0.15) is 0 Å². The van der Waals surface area contributed by atoms with E-state index >= 15 is 0 Å². The van der Waals surface area contributed by atoms with Gasteiger partial charge in [-0.1, -0.05) is 33.3 Å². The van der Waals surface area contributed by atoms with Crippen molar-refractivity contribution < 1.29 is 0 Å². The van der Waals surface area contributed by atoms with Crippen LogP contribution in [0.5, 0.6) is 0 Å². The van der Waals surface area contributed by atoms with Crippen molar-refractivity contribution in [2.75, 3.05) is 6.54 Å². The largest absolute Gasteiger partial charge is 0.314 e. The van der Waals surface area contributed by atoms with Gasteiger partial charge < -0.3 is 5.32 Å². The van der Waals surface area contributed by atoms with E-state index in [9.17, 15) is 0 Å². The Hall–Kier alpha value is -0.300. The van der Waals surface area contributed by atoms with Crippen LogP contribution in [0.3, 0.4) is 0 Å². The third-order valence-corrected chi connectivity index (χ3v) is 3.66. The average Bonchev–Trinajstić information content (AvgIpc) is 2.17. The van der Waals surface area contributed by atoms with Gasteiger partial charge in [-0.2, -0.15) is 0 Å². The predicted octanol–water partition coefficient (Wildman–Crippen LogP) is 3.61. The van der Waals surface area contributed by atoms with E-state index in [4.69, 9.17) is 0 Å². The molecule has 3 atom stereocenters. The molecule has 1 nitrogen and oxygen atoms in total. The highest BCUT2D eigenvalue weighted by molar-refractivity contribution is 4.85. The van der Waals surface area contributed by atoms with Crippen molar-refractivity contribution >= 4 is 0 Å². The van der Waals surface area contributed by atoms with Crippen molar-refractivity contribution in [3.05, 3.63) is 12.7 Å². The van der Waals surface area contributed by atoms with Crippen LogP contribution in [0.4, 0.5) is 0 Å². The topological polar surface area (TPSA) is 12.0 Å². The van der Waals surface area contributed by atoms with E-state index in [0.717, 1.165) is 17.8 Å². The number of nitrogens with one attached hydrogen (secondary N) is 1. The summed E-state index contributed by atoms with van der Waals surface area (Å²) < 4.78 is 0. The lowest BCUT2D eigenvalue weighted by Crippen LogP contribution is -2.35. The summed E-state index contributed by atoms with van der Waals surface area (Å²) in [5.74, 6) is 2.67. The second kappa shape index (κ2) is 6.32. The summed E-state index contributed by atoms with van der Waals surface area (Å²) in [6.07, 6.45) is 7.52. The summed E-state index contributed by atoms with van der Waals surface area (Å²) in [6.45, 7) is 11.9. The lowest BCUT2D eigenvalue weighted by molar-refractivity contribution is 0.183. The highest BCUT2D eigenvalue weighted by Gasteiger charge is 2.27. The number of rotatable bonds is 5. The van der Waals surface area contributed by atoms with Crippen LogP contribution in [-0.4, -0.2) is 12.6 Å². The minimum atomic E-state index is 0.619. The molecule has 0 amide bonds. The fraction of sp³-hybridized carbons (Fsp3) is 0.857. The first kappa shape index (κ1) is 12.8. The summed E-state index contributed by atoms with van der Waals surface area (Å²) in [7, 11) is 0.